The molecular formula is C28H22FNO6. The lowest BCUT2D eigenvalue weighted by molar-refractivity contribution is -0.114. The van der Waals surface area contributed by atoms with Gasteiger partial charge in [-0.05, 0) is 67.9 Å². The Morgan fingerprint density at radius 2 is 1.81 bits per heavy atom. The second-order valence-electron chi connectivity index (χ2n) is 8.20. The molecule has 5 rings (SSSR count). The number of carbonyl (C=O) groups excluding carboxylic acids is 3. The number of amides is 1. The summed E-state index contributed by atoms with van der Waals surface area (Å²) >= 11 is 0. The number of hydrogen-bond donors (Lipinski definition) is 0. The number of halogens is 1. The average molecular weight is 487 g/mol. The number of Topliss-reactive ketones (excluding diaryl/α,β-unsaturated/α-hetero) is 1. The smallest absolute Gasteiger partial charge is 0.342 e. The Morgan fingerprint density at radius 3 is 2.58 bits per heavy atom. The number of esters is 1. The third-order valence-corrected chi connectivity index (χ3v) is 5.92. The molecule has 1 aliphatic heterocycles. The quantitative estimate of drug-likeness (QED) is 0.188. The molecular weight excluding hydrogens is 465 g/mol. The molecule has 4 aromatic rings. The molecule has 0 saturated heterocycles. The normalized spacial score (nSPS) is 12.8. The highest BCUT2D eigenvalue weighted by molar-refractivity contribution is 6.52. The number of nitrogens with zero attached hydrogens (tertiary/aromatic N) is 1. The fourth-order valence-electron chi connectivity index (χ4n) is 4.26. The largest absolute Gasteiger partial charge is 0.494 e. The van der Waals surface area contributed by atoms with E-state index in [0.29, 0.717) is 46.5 Å². The van der Waals surface area contributed by atoms with Gasteiger partial charge in [0, 0.05) is 17.5 Å². The Morgan fingerprint density at radius 1 is 1.03 bits per heavy atom. The molecule has 8 heteroatoms. The molecule has 182 valence electrons. The molecule has 1 aromatic heterocycles. The Kier molecular flexibility index (Phi) is 6.25. The van der Waals surface area contributed by atoms with Crippen molar-refractivity contribution in [3.8, 4) is 17.1 Å². The van der Waals surface area contributed by atoms with Crippen molar-refractivity contribution >= 4 is 34.3 Å². The molecule has 0 atom stereocenters. The summed E-state index contributed by atoms with van der Waals surface area (Å²) in [5.74, 6) is -1.20. The lowest BCUT2D eigenvalue weighted by atomic mass is 10.1. The summed E-state index contributed by atoms with van der Waals surface area (Å²) in [4.78, 5) is 38.7. The molecule has 1 aliphatic rings. The van der Waals surface area contributed by atoms with Crippen LogP contribution < -0.4 is 9.64 Å². The number of anilines is 1. The van der Waals surface area contributed by atoms with Crippen LogP contribution in [-0.2, 0) is 9.53 Å². The Hall–Kier alpha value is -4.46. The van der Waals surface area contributed by atoms with E-state index in [-0.39, 0.29) is 24.5 Å². The summed E-state index contributed by atoms with van der Waals surface area (Å²) in [6.07, 6.45) is 0.488. The fraction of sp³-hybridized carbons (Fsp3) is 0.179. The molecule has 0 fully saturated rings. The number of furan rings is 1. The maximum atomic E-state index is 13.4. The van der Waals surface area contributed by atoms with Gasteiger partial charge < -0.3 is 18.8 Å². The molecule has 2 heterocycles. The molecule has 0 bridgehead atoms. The predicted molar refractivity (Wildman–Crippen MR) is 131 cm³/mol. The summed E-state index contributed by atoms with van der Waals surface area (Å²) in [7, 11) is 0. The number of hydrogen-bond acceptors (Lipinski definition) is 6. The second-order valence-corrected chi connectivity index (χ2v) is 8.20. The van der Waals surface area contributed by atoms with Crippen molar-refractivity contribution in [2.24, 2.45) is 0 Å². The molecule has 0 radical (unpaired) electrons. The summed E-state index contributed by atoms with van der Waals surface area (Å²) in [6, 6.07) is 17.7. The summed E-state index contributed by atoms with van der Waals surface area (Å²) in [6.45, 7) is 2.51. The number of fused-ring (bicyclic) bond motifs is 2. The highest BCUT2D eigenvalue weighted by Crippen LogP contribution is 2.36. The first kappa shape index (κ1) is 23.3. The molecule has 1 amide bonds. The number of benzene rings is 3. The van der Waals surface area contributed by atoms with Gasteiger partial charge in [0.15, 0.2) is 0 Å². The third-order valence-electron chi connectivity index (χ3n) is 5.92. The van der Waals surface area contributed by atoms with E-state index in [2.05, 4.69) is 0 Å². The van der Waals surface area contributed by atoms with Gasteiger partial charge in [0.1, 0.15) is 28.5 Å². The van der Waals surface area contributed by atoms with Crippen LogP contribution in [0.3, 0.4) is 0 Å². The van der Waals surface area contributed by atoms with Gasteiger partial charge in [-0.2, -0.15) is 0 Å². The first-order chi connectivity index (χ1) is 17.5. The van der Waals surface area contributed by atoms with Crippen LogP contribution in [0.15, 0.2) is 71.1 Å². The van der Waals surface area contributed by atoms with E-state index in [1.165, 1.54) is 29.2 Å². The zero-order chi connectivity index (χ0) is 25.2. The minimum absolute atomic E-state index is 0.186. The van der Waals surface area contributed by atoms with E-state index in [9.17, 15) is 18.8 Å². The maximum absolute atomic E-state index is 13.4. The Bertz CT molecular complexity index is 1470. The van der Waals surface area contributed by atoms with Crippen LogP contribution in [0.4, 0.5) is 10.1 Å². The van der Waals surface area contributed by atoms with Gasteiger partial charge in [-0.1, -0.05) is 12.1 Å². The van der Waals surface area contributed by atoms with Crippen molar-refractivity contribution < 1.29 is 32.7 Å². The van der Waals surface area contributed by atoms with Gasteiger partial charge in [0.25, 0.3) is 11.7 Å². The molecule has 3 aromatic carbocycles. The standard InChI is InChI=1S/C28H22FNO6/c1-2-34-28(33)24-21-16-19(12-13-23(21)36-26(24)17-8-10-18(29)11-9-17)35-15-5-14-30-22-7-4-3-6-20(22)25(31)27(30)32/h3-4,6-13,16H,2,5,14-15H2,1H3. The molecule has 0 unspecified atom stereocenters. The zero-order valence-electron chi connectivity index (χ0n) is 19.5. The van der Waals surface area contributed by atoms with Crippen LogP contribution in [0.5, 0.6) is 5.75 Å². The van der Waals surface area contributed by atoms with Crippen LogP contribution in [0, 0.1) is 5.82 Å². The van der Waals surface area contributed by atoms with Crippen molar-refractivity contribution in [2.45, 2.75) is 13.3 Å². The topological polar surface area (TPSA) is 86.1 Å². The van der Waals surface area contributed by atoms with Crippen molar-refractivity contribution in [3.05, 3.63) is 83.7 Å². The number of carbonyl (C=O) groups is 3. The summed E-state index contributed by atoms with van der Waals surface area (Å²) in [5, 5.41) is 0.513. The zero-order valence-corrected chi connectivity index (χ0v) is 19.5. The second kappa shape index (κ2) is 9.65. The minimum Gasteiger partial charge on any atom is -0.494 e. The third kappa shape index (κ3) is 4.22. The number of ether oxygens (including phenoxy) is 2. The molecule has 0 aliphatic carbocycles. The van der Waals surface area contributed by atoms with E-state index in [1.807, 2.05) is 0 Å². The monoisotopic (exact) mass is 487 g/mol. The van der Waals surface area contributed by atoms with Crippen LogP contribution in [0.1, 0.15) is 34.1 Å². The fourth-order valence-corrected chi connectivity index (χ4v) is 4.26. The molecule has 0 spiro atoms. The number of ketones is 1. The van der Waals surface area contributed by atoms with E-state index >= 15 is 0 Å². The van der Waals surface area contributed by atoms with Crippen LogP contribution in [0.25, 0.3) is 22.3 Å². The molecule has 0 saturated carbocycles. The average Bonchev–Trinajstić information content (AvgIpc) is 3.38. The first-order valence-electron chi connectivity index (χ1n) is 11.6. The summed E-state index contributed by atoms with van der Waals surface area (Å²) in [5.41, 5.74) is 2.27. The Labute approximate surface area is 206 Å². The van der Waals surface area contributed by atoms with Crippen molar-refractivity contribution in [1.82, 2.24) is 0 Å². The van der Waals surface area contributed by atoms with Gasteiger partial charge in [0.05, 0.1) is 24.5 Å². The SMILES string of the molecule is CCOC(=O)c1c(-c2ccc(F)cc2)oc2ccc(OCCCN3C(=O)C(=O)c4ccccc43)cc12. The van der Waals surface area contributed by atoms with E-state index in [1.54, 1.807) is 49.4 Å². The summed E-state index contributed by atoms with van der Waals surface area (Å²) < 4.78 is 30.5. The highest BCUT2D eigenvalue weighted by Gasteiger charge is 2.34. The Balaban J connectivity index is 1.34. The van der Waals surface area contributed by atoms with Gasteiger partial charge >= 0.3 is 5.97 Å². The van der Waals surface area contributed by atoms with Crippen LogP contribution >= 0.6 is 0 Å². The van der Waals surface area contributed by atoms with Crippen LogP contribution in [0.2, 0.25) is 0 Å². The lowest BCUT2D eigenvalue weighted by Gasteiger charge is -2.16. The minimum atomic E-state index is -0.552. The van der Waals surface area contributed by atoms with E-state index in [4.69, 9.17) is 13.9 Å². The van der Waals surface area contributed by atoms with Crippen LogP contribution in [-0.4, -0.2) is 37.4 Å². The number of para-hydroxylation sites is 1. The number of rotatable bonds is 8. The van der Waals surface area contributed by atoms with E-state index < -0.39 is 23.5 Å². The maximum Gasteiger partial charge on any atom is 0.342 e. The van der Waals surface area contributed by atoms with Gasteiger partial charge in [-0.3, -0.25) is 9.59 Å². The van der Waals surface area contributed by atoms with Gasteiger partial charge in [-0.15, -0.1) is 0 Å². The highest BCUT2D eigenvalue weighted by atomic mass is 19.1. The van der Waals surface area contributed by atoms with Crippen molar-refractivity contribution in [1.29, 1.82) is 0 Å². The van der Waals surface area contributed by atoms with E-state index in [0.717, 1.165) is 0 Å². The van der Waals surface area contributed by atoms with Crippen molar-refractivity contribution in [2.75, 3.05) is 24.7 Å². The van der Waals surface area contributed by atoms with Gasteiger partial charge in [-0.25, -0.2) is 9.18 Å². The molecule has 7 nitrogen and oxygen atoms in total. The van der Waals surface area contributed by atoms with Gasteiger partial charge in [0.2, 0.25) is 0 Å². The lowest BCUT2D eigenvalue weighted by Crippen LogP contribution is -2.31. The van der Waals surface area contributed by atoms with Crippen molar-refractivity contribution in [3.63, 3.8) is 0 Å². The predicted octanol–water partition coefficient (Wildman–Crippen LogP) is 5.41. The molecule has 0 N–H and O–H groups in total. The first-order valence-corrected chi connectivity index (χ1v) is 11.6. The molecule has 36 heavy (non-hydrogen) atoms.